The van der Waals surface area contributed by atoms with E-state index in [-0.39, 0.29) is 5.56 Å². The fraction of sp³-hybridized carbons (Fsp3) is 0. The molecule has 13 heavy (non-hydrogen) atoms. The van der Waals surface area contributed by atoms with Crippen LogP contribution in [0, 0.1) is 23.0 Å². The third kappa shape index (κ3) is 1.62. The Morgan fingerprint density at radius 1 is 1.46 bits per heavy atom. The maximum absolute atomic E-state index is 12.8. The Kier molecular flexibility index (Phi) is 2.24. The predicted molar refractivity (Wildman–Crippen MR) is 39.6 cm³/mol. The summed E-state index contributed by atoms with van der Waals surface area (Å²) < 4.78 is 25.4. The highest BCUT2D eigenvalue weighted by atomic mass is 19.2. The Labute approximate surface area is 72.4 Å². The van der Waals surface area contributed by atoms with Crippen molar-refractivity contribution >= 4 is 5.91 Å². The monoisotopic (exact) mass is 182 g/mol. The van der Waals surface area contributed by atoms with Gasteiger partial charge < -0.3 is 5.73 Å². The van der Waals surface area contributed by atoms with Gasteiger partial charge in [-0.3, -0.25) is 4.79 Å². The molecular weight excluding hydrogens is 178 g/mol. The number of hydrogen-bond donors (Lipinski definition) is 1. The smallest absolute Gasteiger partial charge is 0.251 e. The molecule has 2 N–H and O–H groups in total. The van der Waals surface area contributed by atoms with E-state index >= 15 is 0 Å². The largest absolute Gasteiger partial charge is 0.366 e. The third-order valence-electron chi connectivity index (χ3n) is 1.42. The molecule has 1 aromatic rings. The van der Waals surface area contributed by atoms with Gasteiger partial charge in [0.2, 0.25) is 0 Å². The Bertz CT molecular complexity index is 409. The van der Waals surface area contributed by atoms with Crippen LogP contribution >= 0.6 is 0 Å². The summed E-state index contributed by atoms with van der Waals surface area (Å²) in [7, 11) is 0. The lowest BCUT2D eigenvalue weighted by atomic mass is 10.1. The lowest BCUT2D eigenvalue weighted by Gasteiger charge is -1.99. The number of nitriles is 1. The highest BCUT2D eigenvalue weighted by Gasteiger charge is 2.14. The Balaban J connectivity index is 3.44. The summed E-state index contributed by atoms with van der Waals surface area (Å²) in [6, 6.07) is 3.18. The third-order valence-corrected chi connectivity index (χ3v) is 1.42. The second kappa shape index (κ2) is 3.19. The van der Waals surface area contributed by atoms with Crippen LogP contribution in [-0.4, -0.2) is 5.91 Å². The van der Waals surface area contributed by atoms with Crippen LogP contribution in [0.3, 0.4) is 0 Å². The van der Waals surface area contributed by atoms with Crippen LogP contribution in [0.4, 0.5) is 8.78 Å². The van der Waals surface area contributed by atoms with Crippen molar-refractivity contribution in [1.29, 1.82) is 5.26 Å². The zero-order valence-corrected chi connectivity index (χ0v) is 6.34. The van der Waals surface area contributed by atoms with E-state index in [9.17, 15) is 13.6 Å². The molecular formula is C8H4F2N2O. The van der Waals surface area contributed by atoms with E-state index in [4.69, 9.17) is 11.0 Å². The van der Waals surface area contributed by atoms with Crippen molar-refractivity contribution in [3.05, 3.63) is 34.9 Å². The van der Waals surface area contributed by atoms with Crippen molar-refractivity contribution in [2.24, 2.45) is 5.73 Å². The fourth-order valence-corrected chi connectivity index (χ4v) is 0.833. The number of carbonyl (C=O) groups excluding carboxylic acids is 1. The summed E-state index contributed by atoms with van der Waals surface area (Å²) >= 11 is 0. The van der Waals surface area contributed by atoms with Gasteiger partial charge in [-0.25, -0.2) is 8.78 Å². The van der Waals surface area contributed by atoms with E-state index in [0.29, 0.717) is 6.07 Å². The molecule has 0 unspecified atom stereocenters. The molecule has 0 aliphatic carbocycles. The molecule has 0 radical (unpaired) electrons. The maximum Gasteiger partial charge on any atom is 0.251 e. The van der Waals surface area contributed by atoms with Crippen LogP contribution in [0.1, 0.15) is 15.9 Å². The first kappa shape index (κ1) is 9.13. The van der Waals surface area contributed by atoms with Gasteiger partial charge in [0, 0.05) is 0 Å². The molecule has 66 valence electrons. The first-order valence-electron chi connectivity index (χ1n) is 3.25. The molecule has 0 saturated heterocycles. The van der Waals surface area contributed by atoms with Gasteiger partial charge in [0.05, 0.1) is 17.2 Å². The molecule has 1 amide bonds. The first-order valence-corrected chi connectivity index (χ1v) is 3.25. The van der Waals surface area contributed by atoms with E-state index in [0.717, 1.165) is 6.07 Å². The van der Waals surface area contributed by atoms with E-state index < -0.39 is 23.1 Å². The van der Waals surface area contributed by atoms with Gasteiger partial charge in [0.15, 0.2) is 11.6 Å². The van der Waals surface area contributed by atoms with E-state index in [1.54, 1.807) is 6.07 Å². The molecule has 0 atom stereocenters. The summed E-state index contributed by atoms with van der Waals surface area (Å²) in [6.07, 6.45) is 0. The van der Waals surface area contributed by atoms with Crippen LogP contribution in [-0.2, 0) is 0 Å². The Morgan fingerprint density at radius 3 is 2.54 bits per heavy atom. The summed E-state index contributed by atoms with van der Waals surface area (Å²) in [5.41, 5.74) is 3.99. The predicted octanol–water partition coefficient (Wildman–Crippen LogP) is 0.935. The first-order chi connectivity index (χ1) is 6.06. The van der Waals surface area contributed by atoms with Crippen LogP contribution in [0.15, 0.2) is 12.1 Å². The molecule has 0 bridgehead atoms. The average Bonchev–Trinajstić information content (AvgIpc) is 2.09. The van der Waals surface area contributed by atoms with E-state index in [1.165, 1.54) is 0 Å². The van der Waals surface area contributed by atoms with Gasteiger partial charge in [0.25, 0.3) is 5.91 Å². The van der Waals surface area contributed by atoms with Crippen LogP contribution < -0.4 is 5.73 Å². The maximum atomic E-state index is 12.8. The Hall–Kier alpha value is -1.96. The van der Waals surface area contributed by atoms with Crippen molar-refractivity contribution in [3.63, 3.8) is 0 Å². The van der Waals surface area contributed by atoms with Crippen LogP contribution in [0.5, 0.6) is 0 Å². The van der Waals surface area contributed by atoms with Gasteiger partial charge in [-0.1, -0.05) is 0 Å². The zero-order valence-electron chi connectivity index (χ0n) is 6.34. The normalized spacial score (nSPS) is 9.31. The highest BCUT2D eigenvalue weighted by molar-refractivity contribution is 5.93. The topological polar surface area (TPSA) is 66.9 Å². The number of hydrogen-bond acceptors (Lipinski definition) is 2. The minimum Gasteiger partial charge on any atom is -0.366 e. The SMILES string of the molecule is N#Cc1cc(F)c(F)c(C(N)=O)c1. The molecule has 3 nitrogen and oxygen atoms in total. The summed E-state index contributed by atoms with van der Waals surface area (Å²) in [4.78, 5) is 10.5. The minimum atomic E-state index is -1.33. The van der Waals surface area contributed by atoms with Crippen molar-refractivity contribution < 1.29 is 13.6 Å². The van der Waals surface area contributed by atoms with Gasteiger partial charge in [0.1, 0.15) is 0 Å². The lowest BCUT2D eigenvalue weighted by molar-refractivity contribution is 0.0995. The van der Waals surface area contributed by atoms with Gasteiger partial charge in [-0.2, -0.15) is 5.26 Å². The number of nitrogens with two attached hydrogens (primary N) is 1. The van der Waals surface area contributed by atoms with Gasteiger partial charge in [-0.15, -0.1) is 0 Å². The number of carbonyl (C=O) groups is 1. The number of benzene rings is 1. The van der Waals surface area contributed by atoms with Gasteiger partial charge >= 0.3 is 0 Å². The second-order valence-electron chi connectivity index (χ2n) is 2.30. The molecule has 0 aromatic heterocycles. The number of halogens is 2. The zero-order chi connectivity index (χ0) is 10.0. The quantitative estimate of drug-likeness (QED) is 0.702. The molecule has 0 saturated carbocycles. The van der Waals surface area contributed by atoms with Gasteiger partial charge in [-0.05, 0) is 12.1 Å². The van der Waals surface area contributed by atoms with Crippen molar-refractivity contribution in [2.75, 3.05) is 0 Å². The summed E-state index contributed by atoms with van der Waals surface area (Å²) in [5.74, 6) is -3.69. The fourth-order valence-electron chi connectivity index (χ4n) is 0.833. The lowest BCUT2D eigenvalue weighted by Crippen LogP contribution is -2.14. The number of rotatable bonds is 1. The van der Waals surface area contributed by atoms with Crippen molar-refractivity contribution in [3.8, 4) is 6.07 Å². The van der Waals surface area contributed by atoms with Crippen molar-refractivity contribution in [1.82, 2.24) is 0 Å². The van der Waals surface area contributed by atoms with E-state index in [2.05, 4.69) is 0 Å². The molecule has 0 fully saturated rings. The van der Waals surface area contributed by atoms with Crippen LogP contribution in [0.2, 0.25) is 0 Å². The number of nitrogens with zero attached hydrogens (tertiary/aromatic N) is 1. The average molecular weight is 182 g/mol. The molecule has 1 rings (SSSR count). The molecule has 0 spiro atoms. The molecule has 0 aliphatic heterocycles. The number of primary amides is 1. The van der Waals surface area contributed by atoms with Crippen molar-refractivity contribution in [2.45, 2.75) is 0 Å². The molecule has 0 heterocycles. The number of amides is 1. The minimum absolute atomic E-state index is 0.146. The van der Waals surface area contributed by atoms with E-state index in [1.807, 2.05) is 0 Å². The molecule has 1 aromatic carbocycles. The Morgan fingerprint density at radius 2 is 2.08 bits per heavy atom. The second-order valence-corrected chi connectivity index (χ2v) is 2.30. The molecule has 0 aliphatic rings. The summed E-state index contributed by atoms with van der Waals surface area (Å²) in [6.45, 7) is 0. The molecule has 5 heteroatoms. The summed E-state index contributed by atoms with van der Waals surface area (Å²) in [5, 5.41) is 8.37. The van der Waals surface area contributed by atoms with Crippen LogP contribution in [0.25, 0.3) is 0 Å². The highest BCUT2D eigenvalue weighted by Crippen LogP contribution is 2.13. The standard InChI is InChI=1S/C8H4F2N2O/c9-6-2-4(3-11)1-5(7(6)10)8(12)13/h1-2H,(H2,12,13).